The predicted octanol–water partition coefficient (Wildman–Crippen LogP) is 2.17. The number of pyridine rings is 1. The first kappa shape index (κ1) is 14.8. The second-order valence-electron chi connectivity index (χ2n) is 7.38. The summed E-state index contributed by atoms with van der Waals surface area (Å²) in [5, 5.41) is 0. The van der Waals surface area contributed by atoms with Gasteiger partial charge in [0.05, 0.1) is 6.54 Å². The topological polar surface area (TPSA) is 45.7 Å². The number of ether oxygens (including phenoxy) is 1. The number of likely N-dealkylation sites (tertiary alicyclic amines) is 1. The van der Waals surface area contributed by atoms with E-state index in [0.717, 1.165) is 36.9 Å². The summed E-state index contributed by atoms with van der Waals surface area (Å²) < 4.78 is 6.14. The van der Waals surface area contributed by atoms with Gasteiger partial charge in [0.25, 0.3) is 0 Å². The molecule has 124 valence electrons. The van der Waals surface area contributed by atoms with Crippen LogP contribution < -0.4 is 9.64 Å². The van der Waals surface area contributed by atoms with Crippen molar-refractivity contribution in [2.24, 2.45) is 17.8 Å². The predicted molar refractivity (Wildman–Crippen MR) is 88.5 cm³/mol. The molecule has 1 amide bonds. The standard InChI is InChI=1S/C18H25N3O2/c1-20(2)17-16(4-3-8-19-17)23-13-7-9-21(11-13)18(22)15-10-14(15)12-5-6-12/h3-4,8,12-15H,5-7,9-11H2,1-2H3. The first-order valence-electron chi connectivity index (χ1n) is 8.71. The van der Waals surface area contributed by atoms with Gasteiger partial charge in [-0.15, -0.1) is 0 Å². The Bertz CT molecular complexity index is 600. The van der Waals surface area contributed by atoms with Crippen molar-refractivity contribution < 1.29 is 9.53 Å². The summed E-state index contributed by atoms with van der Waals surface area (Å²) in [6.45, 7) is 1.55. The van der Waals surface area contributed by atoms with Gasteiger partial charge < -0.3 is 14.5 Å². The molecule has 2 heterocycles. The van der Waals surface area contributed by atoms with Crippen molar-refractivity contribution in [3.63, 3.8) is 0 Å². The van der Waals surface area contributed by atoms with E-state index in [1.807, 2.05) is 36.0 Å². The van der Waals surface area contributed by atoms with Crippen LogP contribution in [0.5, 0.6) is 5.75 Å². The first-order chi connectivity index (χ1) is 11.1. The highest BCUT2D eigenvalue weighted by atomic mass is 16.5. The maximum absolute atomic E-state index is 12.6. The fourth-order valence-corrected chi connectivity index (χ4v) is 3.79. The fourth-order valence-electron chi connectivity index (χ4n) is 3.79. The van der Waals surface area contributed by atoms with Crippen LogP contribution in [0.1, 0.15) is 25.7 Å². The SMILES string of the molecule is CN(C)c1ncccc1OC1CCN(C(=O)C2CC2C2CC2)C1. The van der Waals surface area contributed by atoms with Crippen molar-refractivity contribution in [1.29, 1.82) is 0 Å². The molecule has 3 unspecified atom stereocenters. The molecular formula is C18H25N3O2. The number of hydrogen-bond acceptors (Lipinski definition) is 4. The minimum absolute atomic E-state index is 0.0833. The van der Waals surface area contributed by atoms with Crippen LogP contribution in [0, 0.1) is 17.8 Å². The minimum atomic E-state index is 0.0833. The van der Waals surface area contributed by atoms with Crippen LogP contribution in [-0.4, -0.2) is 49.1 Å². The summed E-state index contributed by atoms with van der Waals surface area (Å²) in [6.07, 6.45) is 6.58. The van der Waals surface area contributed by atoms with E-state index in [9.17, 15) is 4.79 Å². The molecule has 1 saturated heterocycles. The largest absolute Gasteiger partial charge is 0.485 e. The fraction of sp³-hybridized carbons (Fsp3) is 0.667. The average Bonchev–Trinajstić information content (AvgIpc) is 3.43. The number of rotatable bonds is 5. The van der Waals surface area contributed by atoms with Crippen LogP contribution >= 0.6 is 0 Å². The molecule has 0 radical (unpaired) electrons. The van der Waals surface area contributed by atoms with E-state index >= 15 is 0 Å². The van der Waals surface area contributed by atoms with Crippen molar-refractivity contribution >= 4 is 11.7 Å². The molecule has 5 nitrogen and oxygen atoms in total. The van der Waals surface area contributed by atoms with E-state index in [1.54, 1.807) is 6.20 Å². The van der Waals surface area contributed by atoms with E-state index in [1.165, 1.54) is 12.8 Å². The van der Waals surface area contributed by atoms with Crippen molar-refractivity contribution in [3.8, 4) is 5.75 Å². The van der Waals surface area contributed by atoms with Crippen LogP contribution in [0.4, 0.5) is 5.82 Å². The molecule has 1 aliphatic heterocycles. The zero-order valence-electron chi connectivity index (χ0n) is 13.9. The Kier molecular flexibility index (Phi) is 3.66. The minimum Gasteiger partial charge on any atom is -0.485 e. The normalized spacial score (nSPS) is 29.5. The lowest BCUT2D eigenvalue weighted by atomic mass is 10.2. The number of aromatic nitrogens is 1. The van der Waals surface area contributed by atoms with Gasteiger partial charge in [0, 0.05) is 39.2 Å². The van der Waals surface area contributed by atoms with Crippen molar-refractivity contribution in [3.05, 3.63) is 18.3 Å². The second kappa shape index (κ2) is 5.69. The van der Waals surface area contributed by atoms with Crippen LogP contribution in [0.2, 0.25) is 0 Å². The summed E-state index contributed by atoms with van der Waals surface area (Å²) in [5.41, 5.74) is 0. The Hall–Kier alpha value is -1.78. The third-order valence-corrected chi connectivity index (χ3v) is 5.31. The van der Waals surface area contributed by atoms with Gasteiger partial charge >= 0.3 is 0 Å². The third-order valence-electron chi connectivity index (χ3n) is 5.31. The Morgan fingerprint density at radius 1 is 1.35 bits per heavy atom. The van der Waals surface area contributed by atoms with Gasteiger partial charge in [-0.25, -0.2) is 4.98 Å². The van der Waals surface area contributed by atoms with E-state index in [0.29, 0.717) is 24.3 Å². The van der Waals surface area contributed by atoms with E-state index in [-0.39, 0.29) is 6.10 Å². The first-order valence-corrected chi connectivity index (χ1v) is 8.71. The quantitative estimate of drug-likeness (QED) is 0.835. The van der Waals surface area contributed by atoms with Crippen LogP contribution in [0.15, 0.2) is 18.3 Å². The number of amides is 1. The summed E-state index contributed by atoms with van der Waals surface area (Å²) in [4.78, 5) is 20.9. The Labute approximate surface area is 137 Å². The van der Waals surface area contributed by atoms with Gasteiger partial charge in [-0.3, -0.25) is 4.79 Å². The molecule has 3 atom stereocenters. The van der Waals surface area contributed by atoms with Crippen molar-refractivity contribution in [1.82, 2.24) is 9.88 Å². The van der Waals surface area contributed by atoms with E-state index in [4.69, 9.17) is 4.74 Å². The number of carbonyl (C=O) groups excluding carboxylic acids is 1. The molecule has 0 bridgehead atoms. The lowest BCUT2D eigenvalue weighted by molar-refractivity contribution is -0.132. The summed E-state index contributed by atoms with van der Waals surface area (Å²) in [7, 11) is 3.93. The molecular weight excluding hydrogens is 290 g/mol. The number of nitrogens with zero attached hydrogens (tertiary/aromatic N) is 3. The summed E-state index contributed by atoms with van der Waals surface area (Å²) >= 11 is 0. The molecule has 0 N–H and O–H groups in total. The number of anilines is 1. The van der Waals surface area contributed by atoms with Crippen LogP contribution in [0.25, 0.3) is 0 Å². The van der Waals surface area contributed by atoms with Gasteiger partial charge in [-0.05, 0) is 43.2 Å². The van der Waals surface area contributed by atoms with Crippen LogP contribution in [-0.2, 0) is 4.79 Å². The lowest BCUT2D eigenvalue weighted by Gasteiger charge is -2.20. The smallest absolute Gasteiger partial charge is 0.226 e. The Balaban J connectivity index is 1.35. The highest BCUT2D eigenvalue weighted by Crippen LogP contribution is 2.55. The monoisotopic (exact) mass is 315 g/mol. The van der Waals surface area contributed by atoms with E-state index < -0.39 is 0 Å². The van der Waals surface area contributed by atoms with Gasteiger partial charge in [0.2, 0.25) is 5.91 Å². The number of hydrogen-bond donors (Lipinski definition) is 0. The highest BCUT2D eigenvalue weighted by Gasteiger charge is 2.52. The second-order valence-corrected chi connectivity index (χ2v) is 7.38. The highest BCUT2D eigenvalue weighted by molar-refractivity contribution is 5.82. The van der Waals surface area contributed by atoms with Gasteiger partial charge in [-0.2, -0.15) is 0 Å². The molecule has 23 heavy (non-hydrogen) atoms. The maximum Gasteiger partial charge on any atom is 0.226 e. The molecule has 5 heteroatoms. The van der Waals surface area contributed by atoms with Gasteiger partial charge in [0.1, 0.15) is 6.10 Å². The van der Waals surface area contributed by atoms with Crippen molar-refractivity contribution in [2.75, 3.05) is 32.1 Å². The molecule has 0 aromatic carbocycles. The molecule has 1 aromatic heterocycles. The third kappa shape index (κ3) is 3.01. The van der Waals surface area contributed by atoms with Gasteiger partial charge in [-0.1, -0.05) is 0 Å². The summed E-state index contributed by atoms with van der Waals surface area (Å²) in [6, 6.07) is 3.85. The zero-order valence-corrected chi connectivity index (χ0v) is 13.9. The molecule has 1 aromatic rings. The average molecular weight is 315 g/mol. The molecule has 4 rings (SSSR count). The number of carbonyl (C=O) groups is 1. The molecule has 3 aliphatic rings. The Morgan fingerprint density at radius 2 is 2.17 bits per heavy atom. The summed E-state index contributed by atoms with van der Waals surface area (Å²) in [5.74, 6) is 3.88. The van der Waals surface area contributed by atoms with Crippen LogP contribution in [0.3, 0.4) is 0 Å². The van der Waals surface area contributed by atoms with Gasteiger partial charge in [0.15, 0.2) is 11.6 Å². The zero-order chi connectivity index (χ0) is 16.0. The van der Waals surface area contributed by atoms with E-state index in [2.05, 4.69) is 4.98 Å². The molecule has 2 aliphatic carbocycles. The lowest BCUT2D eigenvalue weighted by Crippen LogP contribution is -2.32. The maximum atomic E-state index is 12.6. The van der Waals surface area contributed by atoms with Crippen molar-refractivity contribution in [2.45, 2.75) is 31.8 Å². The Morgan fingerprint density at radius 3 is 2.91 bits per heavy atom. The molecule has 0 spiro atoms. The molecule has 2 saturated carbocycles. The molecule has 3 fully saturated rings.